The third kappa shape index (κ3) is 3.12. The third-order valence-corrected chi connectivity index (χ3v) is 6.75. The van der Waals surface area contributed by atoms with Crippen LogP contribution in [0.4, 0.5) is 0 Å². The van der Waals surface area contributed by atoms with Gasteiger partial charge in [-0.1, -0.05) is 13.8 Å². The Morgan fingerprint density at radius 2 is 1.48 bits per heavy atom. The largest absolute Gasteiger partial charge is 0.347 e. The molecule has 3 saturated heterocycles. The fourth-order valence-electron chi connectivity index (χ4n) is 3.80. The van der Waals surface area contributed by atoms with Crippen molar-refractivity contribution in [1.29, 1.82) is 0 Å². The Balaban J connectivity index is 1.65. The fourth-order valence-corrected chi connectivity index (χ4v) is 5.66. The van der Waals surface area contributed by atoms with Crippen LogP contribution in [0.25, 0.3) is 0 Å². The Morgan fingerprint density at radius 3 is 2.00 bits per heavy atom. The Hall–Kier alpha value is -0.210. The average molecular weight is 318 g/mol. The lowest BCUT2D eigenvalue weighted by Gasteiger charge is -2.41. The van der Waals surface area contributed by atoms with Gasteiger partial charge in [-0.2, -0.15) is 17.0 Å². The second kappa shape index (κ2) is 5.77. The molecule has 3 heterocycles. The first-order valence-electron chi connectivity index (χ1n) is 7.94. The molecule has 122 valence electrons. The van der Waals surface area contributed by atoms with E-state index in [1.54, 1.807) is 8.61 Å². The molecule has 3 fully saturated rings. The molecule has 0 aliphatic carbocycles. The van der Waals surface area contributed by atoms with Gasteiger partial charge in [0.15, 0.2) is 5.79 Å². The van der Waals surface area contributed by atoms with E-state index in [2.05, 4.69) is 13.8 Å². The molecule has 1 spiro atoms. The summed E-state index contributed by atoms with van der Waals surface area (Å²) >= 11 is 0. The summed E-state index contributed by atoms with van der Waals surface area (Å²) in [7, 11) is -3.34. The van der Waals surface area contributed by atoms with Crippen LogP contribution in [0.15, 0.2) is 0 Å². The minimum atomic E-state index is -3.34. The van der Waals surface area contributed by atoms with Gasteiger partial charge in [0.2, 0.25) is 0 Å². The van der Waals surface area contributed by atoms with Crippen molar-refractivity contribution in [3.63, 3.8) is 0 Å². The Morgan fingerprint density at radius 1 is 0.952 bits per heavy atom. The Kier molecular flexibility index (Phi) is 4.31. The van der Waals surface area contributed by atoms with Crippen LogP contribution >= 0.6 is 0 Å². The molecule has 7 heteroatoms. The first-order valence-corrected chi connectivity index (χ1v) is 9.34. The number of piperidine rings is 2. The predicted octanol–water partition coefficient (Wildman–Crippen LogP) is 1.05. The zero-order chi connectivity index (χ0) is 15.1. The molecular weight excluding hydrogens is 292 g/mol. The molecule has 0 aromatic heterocycles. The van der Waals surface area contributed by atoms with E-state index in [1.807, 2.05) is 0 Å². The van der Waals surface area contributed by atoms with E-state index in [9.17, 15) is 8.42 Å². The van der Waals surface area contributed by atoms with Crippen molar-refractivity contribution < 1.29 is 17.9 Å². The van der Waals surface area contributed by atoms with Gasteiger partial charge in [-0.15, -0.1) is 0 Å². The standard InChI is InChI=1S/C14H26N2O4S/c1-12-9-13(2)11-16(10-12)21(17,18)15-5-3-14(4-6-15)19-7-8-20-14/h12-13H,3-11H2,1-2H3. The zero-order valence-electron chi connectivity index (χ0n) is 13.0. The minimum Gasteiger partial charge on any atom is -0.347 e. The van der Waals surface area contributed by atoms with Crippen molar-refractivity contribution in [2.75, 3.05) is 39.4 Å². The molecule has 0 aromatic carbocycles. The molecule has 2 atom stereocenters. The summed E-state index contributed by atoms with van der Waals surface area (Å²) in [6.45, 7) is 7.75. The average Bonchev–Trinajstić information content (AvgIpc) is 2.86. The first kappa shape index (κ1) is 15.7. The number of hydrogen-bond acceptors (Lipinski definition) is 4. The minimum absolute atomic E-state index is 0.432. The van der Waals surface area contributed by atoms with Crippen LogP contribution in [0.3, 0.4) is 0 Å². The molecule has 0 amide bonds. The second-order valence-corrected chi connectivity index (χ2v) is 8.71. The van der Waals surface area contributed by atoms with E-state index in [-0.39, 0.29) is 0 Å². The molecule has 0 N–H and O–H groups in total. The van der Waals surface area contributed by atoms with Gasteiger partial charge in [-0.25, -0.2) is 0 Å². The van der Waals surface area contributed by atoms with Gasteiger partial charge in [0.1, 0.15) is 0 Å². The normalized spacial score (nSPS) is 35.3. The molecule has 3 aliphatic heterocycles. The maximum atomic E-state index is 12.8. The van der Waals surface area contributed by atoms with E-state index in [4.69, 9.17) is 9.47 Å². The van der Waals surface area contributed by atoms with Gasteiger partial charge in [-0.05, 0) is 18.3 Å². The van der Waals surface area contributed by atoms with Crippen molar-refractivity contribution in [1.82, 2.24) is 8.61 Å². The van der Waals surface area contributed by atoms with Crippen LogP contribution in [0.5, 0.6) is 0 Å². The highest BCUT2D eigenvalue weighted by molar-refractivity contribution is 7.86. The number of rotatable bonds is 2. The fraction of sp³-hybridized carbons (Fsp3) is 1.00. The number of nitrogens with zero attached hydrogens (tertiary/aromatic N) is 2. The maximum absolute atomic E-state index is 12.8. The highest BCUT2D eigenvalue weighted by Gasteiger charge is 2.44. The van der Waals surface area contributed by atoms with Crippen molar-refractivity contribution >= 4 is 10.2 Å². The lowest BCUT2D eigenvalue weighted by Crippen LogP contribution is -2.54. The Labute approximate surface area is 127 Å². The van der Waals surface area contributed by atoms with E-state index in [1.165, 1.54) is 0 Å². The lowest BCUT2D eigenvalue weighted by molar-refractivity contribution is -0.179. The van der Waals surface area contributed by atoms with Crippen LogP contribution < -0.4 is 0 Å². The Bertz CT molecular complexity index is 455. The summed E-state index contributed by atoms with van der Waals surface area (Å²) in [5, 5.41) is 0. The van der Waals surface area contributed by atoms with E-state index < -0.39 is 16.0 Å². The van der Waals surface area contributed by atoms with Crippen molar-refractivity contribution in [2.24, 2.45) is 11.8 Å². The highest BCUT2D eigenvalue weighted by atomic mass is 32.2. The predicted molar refractivity (Wildman–Crippen MR) is 78.9 cm³/mol. The summed E-state index contributed by atoms with van der Waals surface area (Å²) < 4.78 is 40.2. The molecule has 3 aliphatic rings. The van der Waals surface area contributed by atoms with Crippen molar-refractivity contribution in [3.05, 3.63) is 0 Å². The highest BCUT2D eigenvalue weighted by Crippen LogP contribution is 2.33. The number of ether oxygens (including phenoxy) is 2. The maximum Gasteiger partial charge on any atom is 0.281 e. The third-order valence-electron chi connectivity index (χ3n) is 4.79. The topological polar surface area (TPSA) is 59.1 Å². The van der Waals surface area contributed by atoms with Gasteiger partial charge in [0.25, 0.3) is 10.2 Å². The van der Waals surface area contributed by atoms with Crippen LogP contribution in [-0.4, -0.2) is 62.2 Å². The van der Waals surface area contributed by atoms with Crippen LogP contribution in [0.2, 0.25) is 0 Å². The summed E-state index contributed by atoms with van der Waals surface area (Å²) in [6, 6.07) is 0. The molecular formula is C14H26N2O4S. The molecule has 0 saturated carbocycles. The van der Waals surface area contributed by atoms with Crippen LogP contribution in [0, 0.1) is 11.8 Å². The van der Waals surface area contributed by atoms with Crippen LogP contribution in [-0.2, 0) is 19.7 Å². The number of hydrogen-bond donors (Lipinski definition) is 0. The quantitative estimate of drug-likeness (QED) is 0.763. The van der Waals surface area contributed by atoms with E-state index >= 15 is 0 Å². The molecule has 21 heavy (non-hydrogen) atoms. The van der Waals surface area contributed by atoms with Gasteiger partial charge in [-0.3, -0.25) is 0 Å². The molecule has 0 radical (unpaired) electrons. The smallest absolute Gasteiger partial charge is 0.281 e. The van der Waals surface area contributed by atoms with Gasteiger partial charge < -0.3 is 9.47 Å². The molecule has 0 bridgehead atoms. The molecule has 0 aromatic rings. The van der Waals surface area contributed by atoms with E-state index in [0.717, 1.165) is 6.42 Å². The summed E-state index contributed by atoms with van der Waals surface area (Å²) in [5.74, 6) is 0.344. The van der Waals surface area contributed by atoms with Crippen LogP contribution in [0.1, 0.15) is 33.1 Å². The van der Waals surface area contributed by atoms with E-state index in [0.29, 0.717) is 64.1 Å². The second-order valence-electron chi connectivity index (χ2n) is 6.78. The van der Waals surface area contributed by atoms with Gasteiger partial charge in [0, 0.05) is 39.0 Å². The molecule has 3 rings (SSSR count). The summed E-state index contributed by atoms with van der Waals surface area (Å²) in [6.07, 6.45) is 2.37. The molecule has 6 nitrogen and oxygen atoms in total. The van der Waals surface area contributed by atoms with Gasteiger partial charge >= 0.3 is 0 Å². The monoisotopic (exact) mass is 318 g/mol. The summed E-state index contributed by atoms with van der Waals surface area (Å²) in [5.41, 5.74) is 0. The van der Waals surface area contributed by atoms with Crippen molar-refractivity contribution in [3.8, 4) is 0 Å². The first-order chi connectivity index (χ1) is 9.91. The summed E-state index contributed by atoms with van der Waals surface area (Å²) in [4.78, 5) is 0. The zero-order valence-corrected chi connectivity index (χ0v) is 13.8. The van der Waals surface area contributed by atoms with Gasteiger partial charge in [0.05, 0.1) is 13.2 Å². The van der Waals surface area contributed by atoms with Crippen molar-refractivity contribution in [2.45, 2.75) is 38.9 Å². The SMILES string of the molecule is CC1CC(C)CN(S(=O)(=O)N2CCC3(CC2)OCCO3)C1. The lowest BCUT2D eigenvalue weighted by atomic mass is 9.94. The molecule has 2 unspecified atom stereocenters.